The van der Waals surface area contributed by atoms with E-state index in [-0.39, 0.29) is 17.4 Å². The Bertz CT molecular complexity index is 388. The first-order valence-electron chi connectivity index (χ1n) is 7.89. The summed E-state index contributed by atoms with van der Waals surface area (Å²) in [5.74, 6) is 1.56. The normalized spacial score (nSPS) is 41.3. The predicted molar refractivity (Wildman–Crippen MR) is 76.5 cm³/mol. The smallest absolute Gasteiger partial charge is 0.221 e. The molecule has 3 heteroatoms. The number of nitrogens with two attached hydrogens (primary N) is 1. The standard InChI is InChI=1S/C16H28N2O/c1-15(2)11-6-7-16(15,3)13(8-11)18-14(19)9-12(17)10-4-5-10/h10-13H,4-9,17H2,1-3H3,(H,18,19). The molecular weight excluding hydrogens is 236 g/mol. The first-order chi connectivity index (χ1) is 8.84. The number of amides is 1. The fraction of sp³-hybridized carbons (Fsp3) is 0.938. The van der Waals surface area contributed by atoms with Crippen LogP contribution in [0.25, 0.3) is 0 Å². The first kappa shape index (κ1) is 13.4. The van der Waals surface area contributed by atoms with Crippen molar-refractivity contribution in [2.24, 2.45) is 28.4 Å². The minimum atomic E-state index is 0.0828. The van der Waals surface area contributed by atoms with Crippen LogP contribution in [0.3, 0.4) is 0 Å². The van der Waals surface area contributed by atoms with E-state index in [1.54, 1.807) is 0 Å². The van der Waals surface area contributed by atoms with Crippen LogP contribution in [0.1, 0.15) is 59.3 Å². The van der Waals surface area contributed by atoms with Gasteiger partial charge in [-0.05, 0) is 54.8 Å². The van der Waals surface area contributed by atoms with Crippen LogP contribution >= 0.6 is 0 Å². The lowest BCUT2D eigenvalue weighted by Gasteiger charge is -2.39. The van der Waals surface area contributed by atoms with Gasteiger partial charge in [0.2, 0.25) is 5.91 Å². The van der Waals surface area contributed by atoms with E-state index in [2.05, 4.69) is 26.1 Å². The van der Waals surface area contributed by atoms with Crippen LogP contribution < -0.4 is 11.1 Å². The molecule has 3 N–H and O–H groups in total. The van der Waals surface area contributed by atoms with Crippen molar-refractivity contribution in [3.05, 3.63) is 0 Å². The van der Waals surface area contributed by atoms with Crippen LogP contribution in [0.5, 0.6) is 0 Å². The van der Waals surface area contributed by atoms with Crippen LogP contribution in [0.2, 0.25) is 0 Å². The van der Waals surface area contributed by atoms with Gasteiger partial charge in [-0.25, -0.2) is 0 Å². The van der Waals surface area contributed by atoms with E-state index in [9.17, 15) is 4.79 Å². The number of fused-ring (bicyclic) bond motifs is 2. The van der Waals surface area contributed by atoms with E-state index in [0.29, 0.717) is 23.8 Å². The summed E-state index contributed by atoms with van der Waals surface area (Å²) in [6.45, 7) is 7.13. The topological polar surface area (TPSA) is 55.1 Å². The zero-order valence-electron chi connectivity index (χ0n) is 12.5. The number of hydrogen-bond acceptors (Lipinski definition) is 2. The third kappa shape index (κ3) is 2.01. The van der Waals surface area contributed by atoms with Crippen molar-refractivity contribution >= 4 is 5.91 Å². The fourth-order valence-electron chi connectivity index (χ4n) is 4.58. The summed E-state index contributed by atoms with van der Waals surface area (Å²) >= 11 is 0. The van der Waals surface area contributed by atoms with Gasteiger partial charge in [-0.15, -0.1) is 0 Å². The van der Waals surface area contributed by atoms with Gasteiger partial charge in [-0.2, -0.15) is 0 Å². The third-order valence-corrected chi connectivity index (χ3v) is 6.78. The molecule has 0 aromatic rings. The number of carbonyl (C=O) groups is 1. The molecule has 0 aromatic heterocycles. The Balaban J connectivity index is 1.60. The van der Waals surface area contributed by atoms with Crippen molar-refractivity contribution in [2.75, 3.05) is 0 Å². The van der Waals surface area contributed by atoms with Crippen LogP contribution in [-0.2, 0) is 4.79 Å². The summed E-state index contributed by atoms with van der Waals surface area (Å²) in [6, 6.07) is 0.444. The molecule has 108 valence electrons. The average Bonchev–Trinajstić information content (AvgIpc) is 3.10. The fourth-order valence-corrected chi connectivity index (χ4v) is 4.58. The van der Waals surface area contributed by atoms with Crippen molar-refractivity contribution in [1.82, 2.24) is 5.32 Å². The Hall–Kier alpha value is -0.570. The molecule has 4 atom stereocenters. The Kier molecular flexibility index (Phi) is 2.97. The van der Waals surface area contributed by atoms with Crippen molar-refractivity contribution in [3.63, 3.8) is 0 Å². The molecule has 19 heavy (non-hydrogen) atoms. The minimum Gasteiger partial charge on any atom is -0.353 e. The molecule has 3 rings (SSSR count). The summed E-state index contributed by atoms with van der Waals surface area (Å²) in [5.41, 5.74) is 6.69. The predicted octanol–water partition coefficient (Wildman–Crippen LogP) is 2.44. The Morgan fingerprint density at radius 1 is 1.32 bits per heavy atom. The van der Waals surface area contributed by atoms with Crippen molar-refractivity contribution in [3.8, 4) is 0 Å². The molecule has 3 aliphatic rings. The largest absolute Gasteiger partial charge is 0.353 e. The van der Waals surface area contributed by atoms with Gasteiger partial charge >= 0.3 is 0 Å². The molecule has 3 fully saturated rings. The molecule has 0 heterocycles. The van der Waals surface area contributed by atoms with Crippen LogP contribution in [0.4, 0.5) is 0 Å². The number of hydrogen-bond donors (Lipinski definition) is 2. The Morgan fingerprint density at radius 3 is 2.47 bits per heavy atom. The zero-order valence-corrected chi connectivity index (χ0v) is 12.5. The number of carbonyl (C=O) groups excluding carboxylic acids is 1. The van der Waals surface area contributed by atoms with Gasteiger partial charge in [-0.1, -0.05) is 20.8 Å². The highest BCUT2D eigenvalue weighted by molar-refractivity contribution is 5.77. The second-order valence-electron chi connectivity index (χ2n) is 7.94. The maximum absolute atomic E-state index is 12.2. The third-order valence-electron chi connectivity index (χ3n) is 6.78. The van der Waals surface area contributed by atoms with Gasteiger partial charge in [-0.3, -0.25) is 4.79 Å². The van der Waals surface area contributed by atoms with Crippen molar-refractivity contribution in [2.45, 2.75) is 71.4 Å². The van der Waals surface area contributed by atoms with Crippen LogP contribution in [-0.4, -0.2) is 18.0 Å². The molecule has 0 aliphatic heterocycles. The van der Waals surface area contributed by atoms with Crippen molar-refractivity contribution < 1.29 is 4.79 Å². The highest BCUT2D eigenvalue weighted by atomic mass is 16.1. The summed E-state index contributed by atoms with van der Waals surface area (Å²) < 4.78 is 0. The Labute approximate surface area is 116 Å². The molecule has 1 amide bonds. The van der Waals surface area contributed by atoms with Gasteiger partial charge in [0.25, 0.3) is 0 Å². The lowest BCUT2D eigenvalue weighted by molar-refractivity contribution is -0.123. The van der Waals surface area contributed by atoms with Gasteiger partial charge in [0.1, 0.15) is 0 Å². The average molecular weight is 264 g/mol. The lowest BCUT2D eigenvalue weighted by atomic mass is 9.69. The monoisotopic (exact) mass is 264 g/mol. The summed E-state index contributed by atoms with van der Waals surface area (Å²) in [7, 11) is 0. The van der Waals surface area contributed by atoms with Gasteiger partial charge in [0, 0.05) is 18.5 Å². The van der Waals surface area contributed by atoms with Gasteiger partial charge in [0.05, 0.1) is 0 Å². The van der Waals surface area contributed by atoms with Crippen LogP contribution in [0.15, 0.2) is 0 Å². The van der Waals surface area contributed by atoms with E-state index >= 15 is 0 Å². The number of rotatable bonds is 4. The SMILES string of the molecule is CC1(C)C2CCC1(C)C(NC(=O)CC(N)C1CC1)C2. The molecule has 0 spiro atoms. The molecule has 3 aliphatic carbocycles. The first-order valence-corrected chi connectivity index (χ1v) is 7.89. The van der Waals surface area contributed by atoms with E-state index < -0.39 is 0 Å². The lowest BCUT2D eigenvalue weighted by Crippen LogP contribution is -2.48. The van der Waals surface area contributed by atoms with E-state index in [1.807, 2.05) is 0 Å². The van der Waals surface area contributed by atoms with E-state index in [1.165, 1.54) is 25.7 Å². The number of nitrogens with one attached hydrogen (secondary N) is 1. The molecular formula is C16H28N2O. The second-order valence-corrected chi connectivity index (χ2v) is 7.94. The van der Waals surface area contributed by atoms with Crippen molar-refractivity contribution in [1.29, 1.82) is 0 Å². The van der Waals surface area contributed by atoms with Crippen LogP contribution in [0, 0.1) is 22.7 Å². The van der Waals surface area contributed by atoms with E-state index in [4.69, 9.17) is 5.73 Å². The minimum absolute atomic E-state index is 0.0828. The molecule has 3 nitrogen and oxygen atoms in total. The van der Waals surface area contributed by atoms with E-state index in [0.717, 1.165) is 12.3 Å². The second kappa shape index (κ2) is 4.21. The maximum Gasteiger partial charge on any atom is 0.221 e. The van der Waals surface area contributed by atoms with Gasteiger partial charge < -0.3 is 11.1 Å². The molecule has 0 radical (unpaired) electrons. The summed E-state index contributed by atoms with van der Waals surface area (Å²) in [5, 5.41) is 3.30. The molecule has 0 aromatic carbocycles. The summed E-state index contributed by atoms with van der Waals surface area (Å²) in [6.07, 6.45) is 6.69. The molecule has 0 saturated heterocycles. The highest BCUT2D eigenvalue weighted by Crippen LogP contribution is 2.65. The molecule has 2 bridgehead atoms. The molecule has 3 saturated carbocycles. The summed E-state index contributed by atoms with van der Waals surface area (Å²) in [4.78, 5) is 12.2. The highest BCUT2D eigenvalue weighted by Gasteiger charge is 2.61. The Morgan fingerprint density at radius 2 is 2.00 bits per heavy atom. The quantitative estimate of drug-likeness (QED) is 0.819. The molecule has 4 unspecified atom stereocenters. The maximum atomic E-state index is 12.2. The zero-order chi connectivity index (χ0) is 13.8. The van der Waals surface area contributed by atoms with Gasteiger partial charge in [0.15, 0.2) is 0 Å².